The van der Waals surface area contributed by atoms with Gasteiger partial charge in [0.1, 0.15) is 11.6 Å². The van der Waals surface area contributed by atoms with Gasteiger partial charge in [0.25, 0.3) is 0 Å². The van der Waals surface area contributed by atoms with Gasteiger partial charge in [-0.25, -0.2) is 9.37 Å². The summed E-state index contributed by atoms with van der Waals surface area (Å²) in [5, 5.41) is 0. The predicted molar refractivity (Wildman–Crippen MR) is 105 cm³/mol. The zero-order valence-electron chi connectivity index (χ0n) is 15.7. The molecule has 1 fully saturated rings. The lowest BCUT2D eigenvalue weighted by Gasteiger charge is -2.18. The standard InChI is InChI=1S/C22H24FN3O/c1-15(2)11-12-25-20-10-6-4-8-18(20)24-22(25)16-13-21(27)26(14-16)19-9-5-3-7-17(19)23/h3-10,15-16H,11-14H2,1-2H3/t16-/m1/s1. The second-order valence-corrected chi connectivity index (χ2v) is 7.65. The fourth-order valence-corrected chi connectivity index (χ4v) is 3.81. The van der Waals surface area contributed by atoms with Gasteiger partial charge >= 0.3 is 0 Å². The molecule has 1 aromatic heterocycles. The van der Waals surface area contributed by atoms with Crippen molar-refractivity contribution in [1.82, 2.24) is 9.55 Å². The quantitative estimate of drug-likeness (QED) is 0.655. The van der Waals surface area contributed by atoms with E-state index in [1.165, 1.54) is 6.07 Å². The normalized spacial score (nSPS) is 17.4. The van der Waals surface area contributed by atoms with Gasteiger partial charge in [0, 0.05) is 25.4 Å². The van der Waals surface area contributed by atoms with Crippen LogP contribution in [0.1, 0.15) is 38.4 Å². The Morgan fingerprint density at radius 3 is 2.67 bits per heavy atom. The SMILES string of the molecule is CC(C)CCn1c([C@@H]2CC(=O)N(c3ccccc3F)C2)nc2ccccc21. The number of fused-ring (bicyclic) bond motifs is 1. The van der Waals surface area contributed by atoms with Crippen LogP contribution in [0.3, 0.4) is 0 Å². The Labute approximate surface area is 158 Å². The number of hydrogen-bond acceptors (Lipinski definition) is 2. The summed E-state index contributed by atoms with van der Waals surface area (Å²) in [7, 11) is 0. The number of aromatic nitrogens is 2. The summed E-state index contributed by atoms with van der Waals surface area (Å²) in [5.41, 5.74) is 2.41. The van der Waals surface area contributed by atoms with E-state index in [4.69, 9.17) is 4.98 Å². The van der Waals surface area contributed by atoms with Crippen molar-refractivity contribution in [2.75, 3.05) is 11.4 Å². The van der Waals surface area contributed by atoms with Gasteiger partial charge in [-0.15, -0.1) is 0 Å². The van der Waals surface area contributed by atoms with E-state index in [2.05, 4.69) is 24.5 Å². The number of carbonyl (C=O) groups is 1. The van der Waals surface area contributed by atoms with Crippen molar-refractivity contribution < 1.29 is 9.18 Å². The summed E-state index contributed by atoms with van der Waals surface area (Å²) >= 11 is 0. The van der Waals surface area contributed by atoms with E-state index in [-0.39, 0.29) is 17.6 Å². The summed E-state index contributed by atoms with van der Waals surface area (Å²) in [6.45, 7) is 5.75. The highest BCUT2D eigenvalue weighted by molar-refractivity contribution is 5.96. The Balaban J connectivity index is 1.69. The Bertz CT molecular complexity index is 979. The molecule has 2 heterocycles. The lowest BCUT2D eigenvalue weighted by molar-refractivity contribution is -0.117. The molecular weight excluding hydrogens is 341 g/mol. The molecule has 0 unspecified atom stereocenters. The van der Waals surface area contributed by atoms with Crippen LogP contribution in [0.25, 0.3) is 11.0 Å². The van der Waals surface area contributed by atoms with E-state index in [0.717, 1.165) is 29.8 Å². The van der Waals surface area contributed by atoms with Gasteiger partial charge in [-0.2, -0.15) is 0 Å². The molecule has 140 valence electrons. The first-order valence-corrected chi connectivity index (χ1v) is 9.54. The zero-order chi connectivity index (χ0) is 19.0. The third-order valence-corrected chi connectivity index (χ3v) is 5.25. The zero-order valence-corrected chi connectivity index (χ0v) is 15.7. The molecule has 1 atom stereocenters. The van der Waals surface area contributed by atoms with Crippen molar-refractivity contribution in [3.63, 3.8) is 0 Å². The molecule has 1 amide bonds. The largest absolute Gasteiger partial charge is 0.328 e. The molecule has 0 bridgehead atoms. The highest BCUT2D eigenvalue weighted by Crippen LogP contribution is 2.34. The van der Waals surface area contributed by atoms with Crippen LogP contribution in [0.4, 0.5) is 10.1 Å². The van der Waals surface area contributed by atoms with Crippen molar-refractivity contribution in [1.29, 1.82) is 0 Å². The highest BCUT2D eigenvalue weighted by atomic mass is 19.1. The molecule has 0 radical (unpaired) electrons. The van der Waals surface area contributed by atoms with Crippen LogP contribution in [0.5, 0.6) is 0 Å². The summed E-state index contributed by atoms with van der Waals surface area (Å²) in [6, 6.07) is 14.6. The van der Waals surface area contributed by atoms with Gasteiger partial charge in [0.2, 0.25) is 5.91 Å². The lowest BCUT2D eigenvalue weighted by Crippen LogP contribution is -2.25. The number of aryl methyl sites for hydroxylation is 1. The van der Waals surface area contributed by atoms with Crippen LogP contribution in [0.15, 0.2) is 48.5 Å². The minimum absolute atomic E-state index is 0.0309. The van der Waals surface area contributed by atoms with E-state index >= 15 is 0 Å². The Hall–Kier alpha value is -2.69. The van der Waals surface area contributed by atoms with Gasteiger partial charge in [-0.05, 0) is 36.6 Å². The van der Waals surface area contributed by atoms with Gasteiger partial charge < -0.3 is 9.47 Å². The van der Waals surface area contributed by atoms with Gasteiger partial charge in [0.05, 0.1) is 16.7 Å². The average molecular weight is 365 g/mol. The fraction of sp³-hybridized carbons (Fsp3) is 0.364. The number of anilines is 1. The Kier molecular flexibility index (Phi) is 4.68. The van der Waals surface area contributed by atoms with E-state index in [0.29, 0.717) is 24.6 Å². The van der Waals surface area contributed by atoms with E-state index in [9.17, 15) is 9.18 Å². The topological polar surface area (TPSA) is 38.1 Å². The molecule has 0 saturated carbocycles. The third kappa shape index (κ3) is 3.34. The minimum atomic E-state index is -0.361. The van der Waals surface area contributed by atoms with E-state index in [1.807, 2.05) is 18.2 Å². The molecule has 0 spiro atoms. The molecule has 5 heteroatoms. The van der Waals surface area contributed by atoms with E-state index in [1.54, 1.807) is 23.1 Å². The molecule has 0 N–H and O–H groups in total. The number of benzene rings is 2. The summed E-state index contributed by atoms with van der Waals surface area (Å²) in [5.74, 6) is 1.08. The second-order valence-electron chi connectivity index (χ2n) is 7.65. The number of amides is 1. The highest BCUT2D eigenvalue weighted by Gasteiger charge is 2.35. The molecular formula is C22H24FN3O. The number of rotatable bonds is 5. The maximum Gasteiger partial charge on any atom is 0.227 e. The molecule has 4 nitrogen and oxygen atoms in total. The number of carbonyl (C=O) groups excluding carboxylic acids is 1. The summed E-state index contributed by atoms with van der Waals surface area (Å²) in [4.78, 5) is 19.0. The Morgan fingerprint density at radius 2 is 1.89 bits per heavy atom. The molecule has 4 rings (SSSR count). The molecule has 1 aliphatic heterocycles. The van der Waals surface area contributed by atoms with Crippen LogP contribution in [-0.4, -0.2) is 22.0 Å². The summed E-state index contributed by atoms with van der Waals surface area (Å²) in [6.07, 6.45) is 1.41. The molecule has 2 aromatic carbocycles. The first-order chi connectivity index (χ1) is 13.0. The van der Waals surface area contributed by atoms with Crippen LogP contribution < -0.4 is 4.90 Å². The van der Waals surface area contributed by atoms with Gasteiger partial charge in [-0.1, -0.05) is 38.1 Å². The first kappa shape index (κ1) is 17.7. The van der Waals surface area contributed by atoms with Crippen LogP contribution in [-0.2, 0) is 11.3 Å². The number of halogens is 1. The molecule has 1 aliphatic rings. The van der Waals surface area contributed by atoms with Crippen LogP contribution in [0.2, 0.25) is 0 Å². The number of para-hydroxylation sites is 3. The number of hydrogen-bond donors (Lipinski definition) is 0. The maximum absolute atomic E-state index is 14.2. The molecule has 27 heavy (non-hydrogen) atoms. The molecule has 3 aromatic rings. The monoisotopic (exact) mass is 365 g/mol. The van der Waals surface area contributed by atoms with Gasteiger partial charge in [0.15, 0.2) is 0 Å². The predicted octanol–water partition coefficient (Wildman–Crippen LogP) is 4.74. The van der Waals surface area contributed by atoms with Gasteiger partial charge in [-0.3, -0.25) is 4.79 Å². The van der Waals surface area contributed by atoms with Crippen molar-refractivity contribution in [2.45, 2.75) is 39.2 Å². The lowest BCUT2D eigenvalue weighted by atomic mass is 10.1. The molecule has 1 saturated heterocycles. The summed E-state index contributed by atoms with van der Waals surface area (Å²) < 4.78 is 16.4. The van der Waals surface area contributed by atoms with Crippen molar-refractivity contribution in [3.8, 4) is 0 Å². The van der Waals surface area contributed by atoms with Crippen molar-refractivity contribution in [3.05, 3.63) is 60.2 Å². The first-order valence-electron chi connectivity index (χ1n) is 9.54. The van der Waals surface area contributed by atoms with Crippen LogP contribution in [0, 0.1) is 11.7 Å². The number of imidazole rings is 1. The fourth-order valence-electron chi connectivity index (χ4n) is 3.81. The maximum atomic E-state index is 14.2. The Morgan fingerprint density at radius 1 is 1.15 bits per heavy atom. The smallest absolute Gasteiger partial charge is 0.227 e. The average Bonchev–Trinajstić information content (AvgIpc) is 3.21. The second kappa shape index (κ2) is 7.14. The van der Waals surface area contributed by atoms with Crippen molar-refractivity contribution in [2.24, 2.45) is 5.92 Å². The molecule has 0 aliphatic carbocycles. The van der Waals surface area contributed by atoms with Crippen molar-refractivity contribution >= 4 is 22.6 Å². The minimum Gasteiger partial charge on any atom is -0.328 e. The number of nitrogens with zero attached hydrogens (tertiary/aromatic N) is 3. The van der Waals surface area contributed by atoms with Crippen LogP contribution >= 0.6 is 0 Å². The van der Waals surface area contributed by atoms with E-state index < -0.39 is 0 Å². The third-order valence-electron chi connectivity index (χ3n) is 5.25.